The molecule has 0 bridgehead atoms. The third-order valence-electron chi connectivity index (χ3n) is 7.20. The molecule has 5 rings (SSSR count). The molecule has 7 nitrogen and oxygen atoms in total. The van der Waals surface area contributed by atoms with E-state index >= 15 is 0 Å². The first-order chi connectivity index (χ1) is 18.2. The van der Waals surface area contributed by atoms with E-state index in [4.69, 9.17) is 14.7 Å². The fourth-order valence-corrected chi connectivity index (χ4v) is 5.15. The van der Waals surface area contributed by atoms with Crippen molar-refractivity contribution in [2.45, 2.75) is 70.9 Å². The van der Waals surface area contributed by atoms with Crippen LogP contribution < -0.4 is 5.32 Å². The van der Waals surface area contributed by atoms with Crippen molar-refractivity contribution >= 4 is 23.1 Å². The first-order valence-corrected chi connectivity index (χ1v) is 13.4. The molecule has 2 heterocycles. The fraction of sp³-hybridized carbons (Fsp3) is 0.400. The van der Waals surface area contributed by atoms with Crippen molar-refractivity contribution in [1.29, 1.82) is 0 Å². The molecule has 0 aliphatic heterocycles. The maximum absolute atomic E-state index is 12.2. The van der Waals surface area contributed by atoms with Gasteiger partial charge in [-0.25, -0.2) is 14.8 Å². The van der Waals surface area contributed by atoms with Crippen LogP contribution in [-0.4, -0.2) is 38.6 Å². The van der Waals surface area contributed by atoms with E-state index in [9.17, 15) is 4.79 Å². The number of ether oxygens (including phenoxy) is 1. The number of hydrogen-bond donors (Lipinski definition) is 1. The molecule has 0 saturated heterocycles. The van der Waals surface area contributed by atoms with Gasteiger partial charge in [0.1, 0.15) is 11.3 Å². The number of esters is 1. The number of nitrogens with one attached hydrogen (secondary N) is 1. The van der Waals surface area contributed by atoms with Crippen LogP contribution in [0.1, 0.15) is 73.6 Å². The first-order valence-electron chi connectivity index (χ1n) is 13.4. The number of anilines is 1. The van der Waals surface area contributed by atoms with Gasteiger partial charge >= 0.3 is 5.97 Å². The van der Waals surface area contributed by atoms with Crippen LogP contribution in [0.15, 0.2) is 54.7 Å². The van der Waals surface area contributed by atoms with Crippen LogP contribution in [0.25, 0.3) is 22.3 Å². The van der Waals surface area contributed by atoms with Crippen LogP contribution in [0.4, 0.5) is 5.95 Å². The number of hydrogen-bond acceptors (Lipinski definition) is 6. The Balaban J connectivity index is 1.43. The van der Waals surface area contributed by atoms with Crippen LogP contribution in [0, 0.1) is 0 Å². The molecule has 0 unspecified atom stereocenters. The van der Waals surface area contributed by atoms with E-state index in [0.717, 1.165) is 52.9 Å². The molecule has 1 saturated carbocycles. The van der Waals surface area contributed by atoms with E-state index in [-0.39, 0.29) is 5.97 Å². The van der Waals surface area contributed by atoms with Crippen LogP contribution in [0.3, 0.4) is 0 Å². The Hall–Kier alpha value is -3.74. The number of nitrogens with zero attached hydrogens (tertiary/aromatic N) is 4. The van der Waals surface area contributed by atoms with Gasteiger partial charge < -0.3 is 14.6 Å². The zero-order valence-electron chi connectivity index (χ0n) is 21.7. The molecule has 1 aliphatic carbocycles. The Kier molecular flexibility index (Phi) is 7.78. The van der Waals surface area contributed by atoms with Gasteiger partial charge in [0.2, 0.25) is 5.95 Å². The highest BCUT2D eigenvalue weighted by atomic mass is 16.5. The summed E-state index contributed by atoms with van der Waals surface area (Å²) in [6, 6.07) is 16.3. The molecular formula is C30H35N5O2. The Morgan fingerprint density at radius 2 is 1.84 bits per heavy atom. The predicted octanol–water partition coefficient (Wildman–Crippen LogP) is 6.42. The summed E-state index contributed by atoms with van der Waals surface area (Å²) in [5.74, 6) is 1.40. The predicted molar refractivity (Wildman–Crippen MR) is 147 cm³/mol. The van der Waals surface area contributed by atoms with E-state index in [1.807, 2.05) is 24.4 Å². The highest BCUT2D eigenvalue weighted by molar-refractivity contribution is 5.97. The maximum Gasteiger partial charge on any atom is 0.338 e. The molecule has 0 atom stereocenters. The van der Waals surface area contributed by atoms with Gasteiger partial charge in [-0.1, -0.05) is 75.1 Å². The van der Waals surface area contributed by atoms with Crippen molar-refractivity contribution in [3.8, 4) is 11.1 Å². The summed E-state index contributed by atoms with van der Waals surface area (Å²) in [6.07, 6.45) is 11.1. The number of fused-ring (bicyclic) bond motifs is 1. The van der Waals surface area contributed by atoms with E-state index in [1.54, 1.807) is 6.07 Å². The Labute approximate surface area is 218 Å². The van der Waals surface area contributed by atoms with E-state index in [1.165, 1.54) is 39.2 Å². The summed E-state index contributed by atoms with van der Waals surface area (Å²) in [6.45, 7) is 2.87. The van der Waals surface area contributed by atoms with Crippen LogP contribution in [0.5, 0.6) is 0 Å². The van der Waals surface area contributed by atoms with Gasteiger partial charge in [0.25, 0.3) is 0 Å². The van der Waals surface area contributed by atoms with Crippen molar-refractivity contribution in [3.63, 3.8) is 0 Å². The van der Waals surface area contributed by atoms with E-state index < -0.39 is 0 Å². The normalized spacial score (nSPS) is 14.1. The second-order valence-electron chi connectivity index (χ2n) is 9.83. The molecule has 0 amide bonds. The second kappa shape index (κ2) is 11.5. The number of aromatic nitrogens is 4. The number of carbonyl (C=O) groups is 1. The molecule has 4 aromatic rings. The first kappa shape index (κ1) is 24.9. The average Bonchev–Trinajstić information content (AvgIpc) is 3.28. The number of imidazole rings is 1. The lowest BCUT2D eigenvalue weighted by molar-refractivity contribution is 0.0601. The van der Waals surface area contributed by atoms with Crippen LogP contribution in [0.2, 0.25) is 0 Å². The molecular weight excluding hydrogens is 462 g/mol. The van der Waals surface area contributed by atoms with Crippen LogP contribution in [-0.2, 0) is 17.7 Å². The van der Waals surface area contributed by atoms with Crippen molar-refractivity contribution in [3.05, 3.63) is 71.7 Å². The Morgan fingerprint density at radius 1 is 1.05 bits per heavy atom. The minimum absolute atomic E-state index is 0.331. The third-order valence-corrected chi connectivity index (χ3v) is 7.20. The van der Waals surface area contributed by atoms with Crippen LogP contribution >= 0.6 is 0 Å². The molecule has 1 aliphatic rings. The highest BCUT2D eigenvalue weighted by Gasteiger charge is 2.18. The Morgan fingerprint density at radius 3 is 2.59 bits per heavy atom. The summed E-state index contributed by atoms with van der Waals surface area (Å²) in [4.78, 5) is 26.6. The minimum atomic E-state index is -0.331. The summed E-state index contributed by atoms with van der Waals surface area (Å²) in [7, 11) is 1.41. The summed E-state index contributed by atoms with van der Waals surface area (Å²) < 4.78 is 7.20. The molecule has 2 aromatic carbocycles. The lowest BCUT2D eigenvalue weighted by Crippen LogP contribution is -2.23. The fourth-order valence-electron chi connectivity index (χ4n) is 5.15. The maximum atomic E-state index is 12.2. The lowest BCUT2D eigenvalue weighted by atomic mass is 9.96. The number of rotatable bonds is 9. The van der Waals surface area contributed by atoms with Gasteiger partial charge in [-0.05, 0) is 42.0 Å². The third kappa shape index (κ3) is 5.66. The second-order valence-corrected chi connectivity index (χ2v) is 9.83. The summed E-state index contributed by atoms with van der Waals surface area (Å²) >= 11 is 0. The zero-order valence-corrected chi connectivity index (χ0v) is 21.7. The number of unbranched alkanes of at least 4 members (excludes halogenated alkanes) is 1. The number of aryl methyl sites for hydroxylation is 1. The number of benzene rings is 2. The SMILES string of the molecule is CCCCc1nc2cnc(NC3CCCCC3)nc2n1Cc1ccc(-c2ccccc2C(=O)OC)cc1. The molecule has 0 radical (unpaired) electrons. The summed E-state index contributed by atoms with van der Waals surface area (Å²) in [5.41, 5.74) is 5.27. The summed E-state index contributed by atoms with van der Waals surface area (Å²) in [5, 5.41) is 3.56. The smallest absolute Gasteiger partial charge is 0.338 e. The largest absolute Gasteiger partial charge is 0.465 e. The average molecular weight is 498 g/mol. The Bertz CT molecular complexity index is 1360. The molecule has 37 heavy (non-hydrogen) atoms. The van der Waals surface area contributed by atoms with Gasteiger partial charge in [0.05, 0.1) is 25.4 Å². The van der Waals surface area contributed by atoms with Crippen molar-refractivity contribution in [2.75, 3.05) is 12.4 Å². The molecule has 2 aromatic heterocycles. The highest BCUT2D eigenvalue weighted by Crippen LogP contribution is 2.26. The topological polar surface area (TPSA) is 81.9 Å². The molecule has 1 N–H and O–H groups in total. The molecule has 192 valence electrons. The minimum Gasteiger partial charge on any atom is -0.465 e. The van der Waals surface area contributed by atoms with Gasteiger partial charge in [0, 0.05) is 12.5 Å². The monoisotopic (exact) mass is 497 g/mol. The van der Waals surface area contributed by atoms with Gasteiger partial charge in [0.15, 0.2) is 5.65 Å². The standard InChI is InChI=1S/C30H35N5O2/c1-3-4-14-27-33-26-19-31-30(32-23-10-6-5-7-11-23)34-28(26)35(27)20-21-15-17-22(18-16-21)24-12-8-9-13-25(24)29(36)37-2/h8-9,12-13,15-19,23H,3-7,10-11,14,20H2,1-2H3,(H,31,32,34). The molecule has 7 heteroatoms. The molecule has 0 spiro atoms. The number of carbonyl (C=O) groups excluding carboxylic acids is 1. The number of methoxy groups -OCH3 is 1. The lowest BCUT2D eigenvalue weighted by Gasteiger charge is -2.22. The quantitative estimate of drug-likeness (QED) is 0.269. The van der Waals surface area contributed by atoms with Crippen molar-refractivity contribution in [1.82, 2.24) is 19.5 Å². The van der Waals surface area contributed by atoms with Crippen molar-refractivity contribution in [2.24, 2.45) is 0 Å². The van der Waals surface area contributed by atoms with Gasteiger partial charge in [-0.2, -0.15) is 4.98 Å². The van der Waals surface area contributed by atoms with Gasteiger partial charge in [-0.15, -0.1) is 0 Å². The zero-order chi connectivity index (χ0) is 25.6. The van der Waals surface area contributed by atoms with E-state index in [0.29, 0.717) is 24.1 Å². The van der Waals surface area contributed by atoms with Crippen molar-refractivity contribution < 1.29 is 9.53 Å². The van der Waals surface area contributed by atoms with Gasteiger partial charge in [-0.3, -0.25) is 0 Å². The molecule has 1 fully saturated rings. The van der Waals surface area contributed by atoms with E-state index in [2.05, 4.69) is 46.1 Å².